The van der Waals surface area contributed by atoms with Crippen molar-refractivity contribution >= 4 is 29.2 Å². The van der Waals surface area contributed by atoms with Gasteiger partial charge in [0.15, 0.2) is 5.82 Å². The summed E-state index contributed by atoms with van der Waals surface area (Å²) in [4.78, 5) is 30.6. The Balaban J connectivity index is 1.22. The van der Waals surface area contributed by atoms with Crippen LogP contribution in [0, 0.1) is 19.8 Å². The standard InChI is InChI=1S/C28H33N5OS/c1-21-5-9-24(10-6-21)31-16-18-32(19-17-31)28(34)23-4-3-15-33(20-23)26-27(30-14-13-29-26)35-25-11-7-22(2)8-12-25/h5-14,23H,3-4,15-20H2,1-2H3/t23-/m1/s1. The van der Waals surface area contributed by atoms with Crippen molar-refractivity contribution in [3.05, 3.63) is 72.1 Å². The molecule has 0 N–H and O–H groups in total. The van der Waals surface area contributed by atoms with Gasteiger partial charge in [-0.25, -0.2) is 9.97 Å². The number of piperazine rings is 1. The number of hydrogen-bond donors (Lipinski definition) is 0. The Bertz CT molecular complexity index is 1140. The van der Waals surface area contributed by atoms with E-state index in [4.69, 9.17) is 0 Å². The van der Waals surface area contributed by atoms with Gasteiger partial charge in [-0.1, -0.05) is 47.2 Å². The molecule has 6 nitrogen and oxygen atoms in total. The van der Waals surface area contributed by atoms with Gasteiger partial charge < -0.3 is 14.7 Å². The van der Waals surface area contributed by atoms with Crippen LogP contribution in [0.3, 0.4) is 0 Å². The molecule has 1 atom stereocenters. The number of benzene rings is 2. The summed E-state index contributed by atoms with van der Waals surface area (Å²) in [5, 5.41) is 0.899. The predicted octanol–water partition coefficient (Wildman–Crippen LogP) is 4.81. The fourth-order valence-corrected chi connectivity index (χ4v) is 5.78. The van der Waals surface area contributed by atoms with Crippen LogP contribution < -0.4 is 9.80 Å². The van der Waals surface area contributed by atoms with E-state index in [0.717, 1.165) is 61.3 Å². The lowest BCUT2D eigenvalue weighted by atomic mass is 9.96. The Kier molecular flexibility index (Phi) is 7.23. The van der Waals surface area contributed by atoms with Gasteiger partial charge in [-0.15, -0.1) is 0 Å². The molecule has 1 aromatic heterocycles. The smallest absolute Gasteiger partial charge is 0.227 e. The minimum atomic E-state index is 0.00825. The van der Waals surface area contributed by atoms with Gasteiger partial charge in [0.2, 0.25) is 5.91 Å². The van der Waals surface area contributed by atoms with Crippen molar-refractivity contribution in [2.45, 2.75) is 36.6 Å². The molecule has 0 saturated carbocycles. The lowest BCUT2D eigenvalue weighted by molar-refractivity contribution is -0.136. The van der Waals surface area contributed by atoms with Crippen molar-refractivity contribution in [2.75, 3.05) is 49.1 Å². The summed E-state index contributed by atoms with van der Waals surface area (Å²) in [7, 11) is 0. The van der Waals surface area contributed by atoms with E-state index < -0.39 is 0 Å². The minimum absolute atomic E-state index is 0.00825. The number of hydrogen-bond acceptors (Lipinski definition) is 6. The SMILES string of the molecule is Cc1ccc(Sc2nccnc2N2CCC[C@@H](C(=O)N3CCN(c4ccc(C)cc4)CC3)C2)cc1. The Morgan fingerprint density at radius 2 is 1.49 bits per heavy atom. The van der Waals surface area contributed by atoms with Crippen molar-refractivity contribution in [3.63, 3.8) is 0 Å². The van der Waals surface area contributed by atoms with Gasteiger partial charge in [0.1, 0.15) is 5.03 Å². The number of carbonyl (C=O) groups is 1. The molecule has 2 aliphatic rings. The highest BCUT2D eigenvalue weighted by molar-refractivity contribution is 7.99. The molecule has 0 radical (unpaired) electrons. The first kappa shape index (κ1) is 23.7. The van der Waals surface area contributed by atoms with E-state index in [2.05, 4.69) is 87.0 Å². The predicted molar refractivity (Wildman–Crippen MR) is 142 cm³/mol. The maximum Gasteiger partial charge on any atom is 0.227 e. The third-order valence-corrected chi connectivity index (χ3v) is 7.93. The number of amides is 1. The third-order valence-electron chi connectivity index (χ3n) is 6.94. The number of aromatic nitrogens is 2. The van der Waals surface area contributed by atoms with Crippen molar-refractivity contribution in [2.24, 2.45) is 5.92 Å². The molecule has 2 aliphatic heterocycles. The molecule has 0 unspecified atom stereocenters. The average molecular weight is 488 g/mol. The summed E-state index contributed by atoms with van der Waals surface area (Å²) in [6.45, 7) is 9.14. The zero-order chi connectivity index (χ0) is 24.2. The third kappa shape index (κ3) is 5.61. The van der Waals surface area contributed by atoms with E-state index in [9.17, 15) is 4.79 Å². The van der Waals surface area contributed by atoms with Crippen molar-refractivity contribution < 1.29 is 4.79 Å². The fourth-order valence-electron chi connectivity index (χ4n) is 4.89. The van der Waals surface area contributed by atoms with Gasteiger partial charge in [-0.2, -0.15) is 0 Å². The van der Waals surface area contributed by atoms with Crippen LogP contribution in [0.5, 0.6) is 0 Å². The number of nitrogens with zero attached hydrogens (tertiary/aromatic N) is 5. The summed E-state index contributed by atoms with van der Waals surface area (Å²) in [5.41, 5.74) is 3.76. The van der Waals surface area contributed by atoms with Crippen LogP contribution in [0.15, 0.2) is 70.8 Å². The molecule has 3 aromatic rings. The Morgan fingerprint density at radius 1 is 0.829 bits per heavy atom. The molecule has 1 amide bonds. The normalized spacial score (nSPS) is 18.6. The Morgan fingerprint density at radius 3 is 2.20 bits per heavy atom. The van der Waals surface area contributed by atoms with Crippen LogP contribution in [0.1, 0.15) is 24.0 Å². The molecular weight excluding hydrogens is 454 g/mol. The monoisotopic (exact) mass is 487 g/mol. The molecule has 0 bridgehead atoms. The number of rotatable bonds is 5. The van der Waals surface area contributed by atoms with Crippen molar-refractivity contribution in [1.29, 1.82) is 0 Å². The highest BCUT2D eigenvalue weighted by Crippen LogP contribution is 2.34. The quantitative estimate of drug-likeness (QED) is 0.515. The number of carbonyl (C=O) groups excluding carboxylic acids is 1. The summed E-state index contributed by atoms with van der Waals surface area (Å²) in [6.07, 6.45) is 5.43. The van der Waals surface area contributed by atoms with Crippen LogP contribution in [0.4, 0.5) is 11.5 Å². The number of anilines is 2. The van der Waals surface area contributed by atoms with Gasteiger partial charge in [-0.05, 0) is 51.0 Å². The largest absolute Gasteiger partial charge is 0.368 e. The topological polar surface area (TPSA) is 52.6 Å². The van der Waals surface area contributed by atoms with Crippen LogP contribution in [0.25, 0.3) is 0 Å². The molecule has 35 heavy (non-hydrogen) atoms. The van der Waals surface area contributed by atoms with Crippen LogP contribution >= 0.6 is 11.8 Å². The van der Waals surface area contributed by atoms with Crippen LogP contribution in [0.2, 0.25) is 0 Å². The molecule has 5 rings (SSSR count). The summed E-state index contributed by atoms with van der Waals surface area (Å²) in [5.74, 6) is 1.18. The molecule has 2 saturated heterocycles. The zero-order valence-electron chi connectivity index (χ0n) is 20.6. The van der Waals surface area contributed by atoms with E-state index in [1.807, 2.05) is 0 Å². The molecule has 7 heteroatoms. The first-order chi connectivity index (χ1) is 17.1. The zero-order valence-corrected chi connectivity index (χ0v) is 21.4. The molecule has 3 heterocycles. The lowest BCUT2D eigenvalue weighted by Gasteiger charge is -2.40. The van der Waals surface area contributed by atoms with Crippen molar-refractivity contribution in [3.8, 4) is 0 Å². The maximum atomic E-state index is 13.5. The Hall–Kier alpha value is -3.06. The second kappa shape index (κ2) is 10.7. The lowest BCUT2D eigenvalue weighted by Crippen LogP contribution is -2.52. The summed E-state index contributed by atoms with van der Waals surface area (Å²) in [6, 6.07) is 17.1. The van der Waals surface area contributed by atoms with Gasteiger partial charge in [0.25, 0.3) is 0 Å². The second-order valence-electron chi connectivity index (χ2n) is 9.53. The Labute approximate surface area is 212 Å². The number of aryl methyl sites for hydroxylation is 2. The van der Waals surface area contributed by atoms with E-state index >= 15 is 0 Å². The first-order valence-electron chi connectivity index (χ1n) is 12.5. The highest BCUT2D eigenvalue weighted by atomic mass is 32.2. The van der Waals surface area contributed by atoms with Gasteiger partial charge >= 0.3 is 0 Å². The average Bonchev–Trinajstić information content (AvgIpc) is 2.90. The summed E-state index contributed by atoms with van der Waals surface area (Å²) >= 11 is 1.64. The first-order valence-corrected chi connectivity index (χ1v) is 13.3. The molecule has 2 aromatic carbocycles. The van der Waals surface area contributed by atoms with E-state index in [0.29, 0.717) is 6.54 Å². The molecule has 0 spiro atoms. The maximum absolute atomic E-state index is 13.5. The van der Waals surface area contributed by atoms with E-state index in [1.54, 1.807) is 24.2 Å². The fraction of sp³-hybridized carbons (Fsp3) is 0.393. The van der Waals surface area contributed by atoms with E-state index in [-0.39, 0.29) is 11.8 Å². The number of piperidine rings is 1. The molecule has 0 aliphatic carbocycles. The van der Waals surface area contributed by atoms with Gasteiger partial charge in [0.05, 0.1) is 5.92 Å². The summed E-state index contributed by atoms with van der Waals surface area (Å²) < 4.78 is 0. The van der Waals surface area contributed by atoms with Gasteiger partial charge in [-0.3, -0.25) is 4.79 Å². The van der Waals surface area contributed by atoms with Crippen molar-refractivity contribution in [1.82, 2.24) is 14.9 Å². The highest BCUT2D eigenvalue weighted by Gasteiger charge is 2.32. The molecular formula is C28H33N5OS. The van der Waals surface area contributed by atoms with Gasteiger partial charge in [0, 0.05) is 62.2 Å². The second-order valence-corrected chi connectivity index (χ2v) is 10.6. The van der Waals surface area contributed by atoms with Crippen LogP contribution in [-0.2, 0) is 4.79 Å². The molecule has 2 fully saturated rings. The van der Waals surface area contributed by atoms with Crippen LogP contribution in [-0.4, -0.2) is 60.0 Å². The molecule has 182 valence electrons. The minimum Gasteiger partial charge on any atom is -0.368 e. The van der Waals surface area contributed by atoms with E-state index in [1.165, 1.54) is 16.8 Å².